The fraction of sp³-hybridized carbons (Fsp3) is 0.556. The summed E-state index contributed by atoms with van der Waals surface area (Å²) in [5, 5.41) is 7.09. The van der Waals surface area contributed by atoms with Gasteiger partial charge in [0.25, 0.3) is 5.56 Å². The predicted octanol–water partition coefficient (Wildman–Crippen LogP) is 2.86. The van der Waals surface area contributed by atoms with Crippen LogP contribution >= 0.6 is 0 Å². The van der Waals surface area contributed by atoms with Crippen molar-refractivity contribution in [2.24, 2.45) is 10.6 Å². The van der Waals surface area contributed by atoms with Gasteiger partial charge in [0.05, 0.1) is 43.6 Å². The number of amides is 1. The third-order valence-electron chi connectivity index (χ3n) is 6.20. The minimum absolute atomic E-state index is 0.0640. The van der Waals surface area contributed by atoms with Gasteiger partial charge in [0.2, 0.25) is 5.91 Å². The molecule has 3 rings (SSSR count). The Morgan fingerprint density at radius 1 is 1.19 bits per heavy atom. The maximum Gasteiger partial charge on any atom is 0.331 e. The molecule has 3 atom stereocenters. The number of nitrogens with zero attached hydrogens (tertiary/aromatic N) is 3. The van der Waals surface area contributed by atoms with E-state index in [1.165, 1.54) is 10.8 Å². The zero-order chi connectivity index (χ0) is 27.5. The number of carbonyl (C=O) groups is 1. The fourth-order valence-corrected chi connectivity index (χ4v) is 4.00. The van der Waals surface area contributed by atoms with Gasteiger partial charge in [0, 0.05) is 17.2 Å². The van der Waals surface area contributed by atoms with E-state index in [9.17, 15) is 14.4 Å². The Bertz CT molecular complexity index is 1270. The summed E-state index contributed by atoms with van der Waals surface area (Å²) in [4.78, 5) is 45.4. The number of hydrogen-bond donors (Lipinski definition) is 1. The zero-order valence-corrected chi connectivity index (χ0v) is 22.9. The smallest absolute Gasteiger partial charge is 0.331 e. The fourth-order valence-electron chi connectivity index (χ4n) is 4.00. The molecule has 1 aromatic heterocycles. The van der Waals surface area contributed by atoms with Gasteiger partial charge in [-0.1, -0.05) is 44.1 Å². The molecule has 0 saturated carbocycles. The third-order valence-corrected chi connectivity index (χ3v) is 6.20. The van der Waals surface area contributed by atoms with Crippen molar-refractivity contribution in [3.05, 3.63) is 62.4 Å². The quantitative estimate of drug-likeness (QED) is 0.469. The van der Waals surface area contributed by atoms with Gasteiger partial charge in [-0.05, 0) is 33.8 Å². The number of oxime groups is 1. The molecule has 0 spiro atoms. The van der Waals surface area contributed by atoms with Crippen LogP contribution in [0.5, 0.6) is 5.75 Å². The van der Waals surface area contributed by atoms with Crippen LogP contribution in [0.2, 0.25) is 0 Å². The van der Waals surface area contributed by atoms with Crippen LogP contribution in [-0.4, -0.2) is 46.1 Å². The number of aromatic nitrogens is 2. The first-order valence-electron chi connectivity index (χ1n) is 12.5. The van der Waals surface area contributed by atoms with Gasteiger partial charge in [0.1, 0.15) is 18.0 Å². The highest BCUT2D eigenvalue weighted by Gasteiger charge is 2.33. The summed E-state index contributed by atoms with van der Waals surface area (Å²) in [6.45, 7) is 12.6. The number of benzene rings is 1. The molecule has 10 nitrogen and oxygen atoms in total. The maximum atomic E-state index is 13.6. The molecule has 2 aromatic rings. The van der Waals surface area contributed by atoms with Gasteiger partial charge < -0.3 is 19.6 Å². The lowest BCUT2D eigenvalue weighted by Gasteiger charge is -2.31. The third kappa shape index (κ3) is 6.49. The molecule has 0 fully saturated rings. The van der Waals surface area contributed by atoms with Crippen LogP contribution in [-0.2, 0) is 27.5 Å². The lowest BCUT2D eigenvalue weighted by molar-refractivity contribution is -0.131. The van der Waals surface area contributed by atoms with Crippen molar-refractivity contribution in [1.29, 1.82) is 0 Å². The molecule has 2 unspecified atom stereocenters. The summed E-state index contributed by atoms with van der Waals surface area (Å²) in [6.07, 6.45) is 0.184. The Labute approximate surface area is 217 Å². The lowest BCUT2D eigenvalue weighted by atomic mass is 9.95. The molecule has 0 saturated heterocycles. The van der Waals surface area contributed by atoms with Crippen molar-refractivity contribution in [1.82, 2.24) is 14.5 Å². The highest BCUT2D eigenvalue weighted by molar-refractivity contribution is 5.97. The molecule has 2 heterocycles. The molecule has 202 valence electrons. The van der Waals surface area contributed by atoms with E-state index < -0.39 is 34.9 Å². The largest absolute Gasteiger partial charge is 0.496 e. The number of rotatable bonds is 6. The number of fused-ring (bicyclic) bond motifs is 2. The van der Waals surface area contributed by atoms with E-state index >= 15 is 0 Å². The van der Waals surface area contributed by atoms with Crippen molar-refractivity contribution in [2.45, 2.75) is 85.9 Å². The summed E-state index contributed by atoms with van der Waals surface area (Å²) in [6, 6.07) is 6.77. The minimum atomic E-state index is -0.676. The van der Waals surface area contributed by atoms with E-state index in [1.54, 1.807) is 34.8 Å². The van der Waals surface area contributed by atoms with E-state index in [4.69, 9.17) is 14.3 Å². The first-order valence-corrected chi connectivity index (χ1v) is 12.5. The summed E-state index contributed by atoms with van der Waals surface area (Å²) < 4.78 is 14.6. The molecular formula is C27H38N4O6. The summed E-state index contributed by atoms with van der Waals surface area (Å²) >= 11 is 0. The van der Waals surface area contributed by atoms with Crippen molar-refractivity contribution >= 4 is 11.6 Å². The van der Waals surface area contributed by atoms with E-state index in [-0.39, 0.29) is 30.7 Å². The number of carbonyl (C=O) groups excluding carboxylic acids is 1. The Morgan fingerprint density at radius 3 is 2.49 bits per heavy atom. The standard InChI is InChI=1S/C27H38N4O6/c1-16(2)37-29-17(3)20-13-30-15-23(19-11-9-10-12-22(19)35-8)36-18(4)21(28-25(33)27(5,6)7)14-31(24(20)32)26(30)34/h9-13,16,18,21,23H,14-15H2,1-8H3,(H,28,33)/b29-17+/t18?,21-,23?/m1/s1. The maximum absolute atomic E-state index is 13.6. The summed E-state index contributed by atoms with van der Waals surface area (Å²) in [5.41, 5.74) is -0.357. The Morgan fingerprint density at radius 2 is 1.86 bits per heavy atom. The van der Waals surface area contributed by atoms with Gasteiger partial charge >= 0.3 is 5.69 Å². The van der Waals surface area contributed by atoms with Gasteiger partial charge in [0.15, 0.2) is 0 Å². The van der Waals surface area contributed by atoms with Crippen LogP contribution in [0.4, 0.5) is 0 Å². The average molecular weight is 515 g/mol. The van der Waals surface area contributed by atoms with Crippen LogP contribution in [0.3, 0.4) is 0 Å². The second-order valence-electron chi connectivity index (χ2n) is 10.6. The van der Waals surface area contributed by atoms with Crippen molar-refractivity contribution in [3.8, 4) is 5.75 Å². The molecule has 1 amide bonds. The van der Waals surface area contributed by atoms with Crippen LogP contribution in [0, 0.1) is 5.41 Å². The van der Waals surface area contributed by atoms with E-state index in [0.717, 1.165) is 10.1 Å². The number of ether oxygens (including phenoxy) is 2. The first-order chi connectivity index (χ1) is 17.3. The topological polar surface area (TPSA) is 113 Å². The van der Waals surface area contributed by atoms with E-state index in [1.807, 2.05) is 45.0 Å². The monoisotopic (exact) mass is 514 g/mol. The Balaban J connectivity index is 2.21. The van der Waals surface area contributed by atoms with Crippen molar-refractivity contribution < 1.29 is 19.1 Å². The van der Waals surface area contributed by atoms with E-state index in [0.29, 0.717) is 11.5 Å². The molecular weight excluding hydrogens is 476 g/mol. The molecule has 1 N–H and O–H groups in total. The average Bonchev–Trinajstić information content (AvgIpc) is 2.86. The van der Waals surface area contributed by atoms with Gasteiger partial charge in [-0.3, -0.25) is 18.7 Å². The molecule has 1 aliphatic heterocycles. The first kappa shape index (κ1) is 28.2. The summed E-state index contributed by atoms with van der Waals surface area (Å²) in [7, 11) is 1.57. The van der Waals surface area contributed by atoms with Crippen LogP contribution in [0.25, 0.3) is 0 Å². The number of methoxy groups -OCH3 is 1. The molecule has 1 aliphatic rings. The van der Waals surface area contributed by atoms with Crippen molar-refractivity contribution in [2.75, 3.05) is 7.11 Å². The van der Waals surface area contributed by atoms with Gasteiger partial charge in [-0.15, -0.1) is 0 Å². The van der Waals surface area contributed by atoms with Crippen LogP contribution in [0.15, 0.2) is 45.2 Å². The molecule has 37 heavy (non-hydrogen) atoms. The molecule has 0 aliphatic carbocycles. The van der Waals surface area contributed by atoms with Gasteiger partial charge in [-0.25, -0.2) is 4.79 Å². The number of hydrogen-bond acceptors (Lipinski definition) is 7. The predicted molar refractivity (Wildman–Crippen MR) is 141 cm³/mol. The number of para-hydroxylation sites is 1. The zero-order valence-electron chi connectivity index (χ0n) is 22.9. The molecule has 1 aromatic carbocycles. The normalized spacial score (nSPS) is 20.6. The Hall–Kier alpha value is -3.40. The second kappa shape index (κ2) is 11.3. The van der Waals surface area contributed by atoms with Gasteiger partial charge in [-0.2, -0.15) is 0 Å². The van der Waals surface area contributed by atoms with Crippen LogP contribution < -0.4 is 21.3 Å². The molecule has 2 bridgehead atoms. The number of nitrogens with one attached hydrogen (secondary N) is 1. The minimum Gasteiger partial charge on any atom is -0.496 e. The molecule has 10 heteroatoms. The second-order valence-corrected chi connectivity index (χ2v) is 10.6. The Kier molecular flexibility index (Phi) is 8.63. The van der Waals surface area contributed by atoms with Crippen LogP contribution in [0.1, 0.15) is 65.7 Å². The lowest BCUT2D eigenvalue weighted by Crippen LogP contribution is -2.52. The molecule has 0 radical (unpaired) electrons. The van der Waals surface area contributed by atoms with Crippen molar-refractivity contribution in [3.63, 3.8) is 0 Å². The highest BCUT2D eigenvalue weighted by Crippen LogP contribution is 2.31. The van der Waals surface area contributed by atoms with E-state index in [2.05, 4.69) is 10.5 Å². The summed E-state index contributed by atoms with van der Waals surface area (Å²) in [5.74, 6) is 0.396. The SMILES string of the molecule is COc1ccccc1C1Cn2cc(/C(C)=N/OC(C)C)c(=O)n(c2=O)C[C@@H](NC(=O)C(C)(C)C)C(C)O1. The highest BCUT2D eigenvalue weighted by atomic mass is 16.6.